The van der Waals surface area contributed by atoms with Gasteiger partial charge in [-0.15, -0.1) is 11.3 Å². The zero-order valence-electron chi connectivity index (χ0n) is 10.8. The van der Waals surface area contributed by atoms with Gasteiger partial charge in [0.15, 0.2) is 0 Å². The van der Waals surface area contributed by atoms with E-state index in [1.54, 1.807) is 20.0 Å². The maximum absolute atomic E-state index is 11.7. The Hall–Kier alpha value is -1.40. The van der Waals surface area contributed by atoms with E-state index in [1.807, 2.05) is 13.0 Å². The maximum atomic E-state index is 11.7. The Balaban J connectivity index is 2.41. The largest absolute Gasteiger partial charge is 0.392 e. The second kappa shape index (κ2) is 6.51. The monoisotopic (exact) mass is 270 g/mol. The first-order valence-electron chi connectivity index (χ1n) is 5.67. The third-order valence-corrected chi connectivity index (χ3v) is 3.33. The summed E-state index contributed by atoms with van der Waals surface area (Å²) in [6.07, 6.45) is -0.574. The van der Waals surface area contributed by atoms with Crippen LogP contribution in [0.3, 0.4) is 0 Å². The van der Waals surface area contributed by atoms with Gasteiger partial charge in [-0.25, -0.2) is 0 Å². The van der Waals surface area contributed by atoms with Crippen molar-refractivity contribution >= 4 is 23.2 Å². The summed E-state index contributed by atoms with van der Waals surface area (Å²) in [5, 5.41) is 11.7. The second-order valence-electron chi connectivity index (χ2n) is 4.22. The zero-order chi connectivity index (χ0) is 13.7. The third kappa shape index (κ3) is 4.46. The first-order valence-corrected chi connectivity index (χ1v) is 6.48. The molecule has 1 atom stereocenters. The van der Waals surface area contributed by atoms with E-state index in [1.165, 1.54) is 16.2 Å². The molecule has 0 spiro atoms. The van der Waals surface area contributed by atoms with E-state index in [0.29, 0.717) is 4.88 Å². The van der Waals surface area contributed by atoms with Crippen molar-refractivity contribution in [1.82, 2.24) is 10.2 Å². The predicted molar refractivity (Wildman–Crippen MR) is 70.7 cm³/mol. The molecular weight excluding hydrogens is 252 g/mol. The van der Waals surface area contributed by atoms with Gasteiger partial charge in [-0.05, 0) is 26.0 Å². The van der Waals surface area contributed by atoms with Gasteiger partial charge in [-0.2, -0.15) is 0 Å². The van der Waals surface area contributed by atoms with Crippen molar-refractivity contribution in [2.75, 3.05) is 20.1 Å². The Kier molecular flexibility index (Phi) is 5.30. The Morgan fingerprint density at radius 3 is 2.67 bits per heavy atom. The van der Waals surface area contributed by atoms with Gasteiger partial charge in [0.25, 0.3) is 5.91 Å². The molecule has 100 valence electrons. The van der Waals surface area contributed by atoms with Crippen molar-refractivity contribution < 1.29 is 14.7 Å². The SMILES string of the molecule is Cc1ccc(C(=O)NCC(=O)N(C)CC(C)O)s1. The molecule has 0 fully saturated rings. The lowest BCUT2D eigenvalue weighted by atomic mass is 10.3. The number of hydrogen-bond acceptors (Lipinski definition) is 4. The summed E-state index contributed by atoms with van der Waals surface area (Å²) in [6, 6.07) is 3.60. The number of likely N-dealkylation sites (N-methyl/N-ethyl adjacent to an activating group) is 1. The average molecular weight is 270 g/mol. The van der Waals surface area contributed by atoms with Crippen molar-refractivity contribution in [2.24, 2.45) is 0 Å². The van der Waals surface area contributed by atoms with Crippen molar-refractivity contribution in [3.63, 3.8) is 0 Å². The van der Waals surface area contributed by atoms with Crippen LogP contribution in [0.2, 0.25) is 0 Å². The van der Waals surface area contributed by atoms with Crippen LogP contribution >= 0.6 is 11.3 Å². The Morgan fingerprint density at radius 2 is 2.17 bits per heavy atom. The second-order valence-corrected chi connectivity index (χ2v) is 5.50. The van der Waals surface area contributed by atoms with Crippen LogP contribution in [-0.4, -0.2) is 48.1 Å². The lowest BCUT2D eigenvalue weighted by molar-refractivity contribution is -0.129. The van der Waals surface area contributed by atoms with Crippen molar-refractivity contribution in [3.05, 3.63) is 21.9 Å². The first-order chi connectivity index (χ1) is 8.40. The van der Waals surface area contributed by atoms with Crippen molar-refractivity contribution in [1.29, 1.82) is 0 Å². The third-order valence-electron chi connectivity index (χ3n) is 2.33. The van der Waals surface area contributed by atoms with Gasteiger partial charge < -0.3 is 15.3 Å². The first kappa shape index (κ1) is 14.7. The molecule has 6 heteroatoms. The fourth-order valence-corrected chi connectivity index (χ4v) is 2.22. The molecule has 0 aromatic carbocycles. The van der Waals surface area contributed by atoms with Gasteiger partial charge in [-0.3, -0.25) is 9.59 Å². The number of thiophene rings is 1. The standard InChI is InChI=1S/C12H18N2O3S/c1-8(15)7-14(3)11(16)6-13-12(17)10-5-4-9(2)18-10/h4-5,8,15H,6-7H2,1-3H3,(H,13,17). The molecular formula is C12H18N2O3S. The van der Waals surface area contributed by atoms with Crippen LogP contribution in [0.4, 0.5) is 0 Å². The fraction of sp³-hybridized carbons (Fsp3) is 0.500. The zero-order valence-corrected chi connectivity index (χ0v) is 11.6. The van der Waals surface area contributed by atoms with Crippen LogP contribution < -0.4 is 5.32 Å². The molecule has 0 bridgehead atoms. The molecule has 0 radical (unpaired) electrons. The fourth-order valence-electron chi connectivity index (χ4n) is 1.43. The minimum absolute atomic E-state index is 0.0565. The summed E-state index contributed by atoms with van der Waals surface area (Å²) >= 11 is 1.39. The van der Waals surface area contributed by atoms with Gasteiger partial charge in [0.05, 0.1) is 17.5 Å². The van der Waals surface area contributed by atoms with Crippen LogP contribution in [0.5, 0.6) is 0 Å². The minimum Gasteiger partial charge on any atom is -0.392 e. The highest BCUT2D eigenvalue weighted by Crippen LogP contribution is 2.14. The summed E-state index contributed by atoms with van der Waals surface area (Å²) in [7, 11) is 1.59. The molecule has 2 N–H and O–H groups in total. The van der Waals surface area contributed by atoms with Crippen LogP contribution in [0, 0.1) is 6.92 Å². The van der Waals surface area contributed by atoms with Crippen molar-refractivity contribution in [2.45, 2.75) is 20.0 Å². The molecule has 0 aliphatic heterocycles. The average Bonchev–Trinajstić information content (AvgIpc) is 2.71. The molecule has 5 nitrogen and oxygen atoms in total. The van der Waals surface area contributed by atoms with E-state index < -0.39 is 6.10 Å². The highest BCUT2D eigenvalue weighted by Gasteiger charge is 2.13. The van der Waals surface area contributed by atoms with E-state index in [-0.39, 0.29) is 24.9 Å². The van der Waals surface area contributed by atoms with E-state index in [4.69, 9.17) is 5.11 Å². The van der Waals surface area contributed by atoms with E-state index in [0.717, 1.165) is 4.88 Å². The Labute approximate surface area is 110 Å². The molecule has 1 aromatic heterocycles. The summed E-state index contributed by atoms with van der Waals surface area (Å²) in [5.74, 6) is -0.468. The Morgan fingerprint density at radius 1 is 1.50 bits per heavy atom. The number of nitrogens with zero attached hydrogens (tertiary/aromatic N) is 1. The number of carbonyl (C=O) groups is 2. The summed E-state index contributed by atoms with van der Waals surface area (Å²) in [5.41, 5.74) is 0. The summed E-state index contributed by atoms with van der Waals surface area (Å²) < 4.78 is 0. The van der Waals surface area contributed by atoms with Gasteiger partial charge >= 0.3 is 0 Å². The minimum atomic E-state index is -0.574. The number of aliphatic hydroxyl groups is 1. The molecule has 0 saturated carbocycles. The smallest absolute Gasteiger partial charge is 0.261 e. The number of aliphatic hydroxyl groups excluding tert-OH is 1. The maximum Gasteiger partial charge on any atom is 0.261 e. The lowest BCUT2D eigenvalue weighted by Gasteiger charge is -2.18. The topological polar surface area (TPSA) is 69.6 Å². The molecule has 0 saturated heterocycles. The molecule has 18 heavy (non-hydrogen) atoms. The van der Waals surface area contributed by atoms with Crippen LogP contribution in [0.15, 0.2) is 12.1 Å². The highest BCUT2D eigenvalue weighted by atomic mass is 32.1. The normalized spacial score (nSPS) is 12.0. The van der Waals surface area contributed by atoms with E-state index >= 15 is 0 Å². The Bertz CT molecular complexity index is 429. The van der Waals surface area contributed by atoms with Crippen LogP contribution in [0.1, 0.15) is 21.5 Å². The number of aryl methyl sites for hydroxylation is 1. The summed E-state index contributed by atoms with van der Waals surface area (Å²) in [6.45, 7) is 3.73. The van der Waals surface area contributed by atoms with Gasteiger partial charge in [0, 0.05) is 18.5 Å². The number of nitrogens with one attached hydrogen (secondary N) is 1. The molecule has 2 amide bonds. The molecule has 1 aromatic rings. The molecule has 0 aliphatic carbocycles. The van der Waals surface area contributed by atoms with E-state index in [2.05, 4.69) is 5.32 Å². The number of hydrogen-bond donors (Lipinski definition) is 2. The molecule has 1 rings (SSSR count). The quantitative estimate of drug-likeness (QED) is 0.824. The molecule has 0 aliphatic rings. The number of amides is 2. The lowest BCUT2D eigenvalue weighted by Crippen LogP contribution is -2.40. The molecule has 1 unspecified atom stereocenters. The van der Waals surface area contributed by atoms with E-state index in [9.17, 15) is 9.59 Å². The van der Waals surface area contributed by atoms with Crippen molar-refractivity contribution in [3.8, 4) is 0 Å². The highest BCUT2D eigenvalue weighted by molar-refractivity contribution is 7.13. The van der Waals surface area contributed by atoms with Crippen LogP contribution in [-0.2, 0) is 4.79 Å². The predicted octanol–water partition coefficient (Wildman–Crippen LogP) is 0.626. The molecule has 1 heterocycles. The number of rotatable bonds is 5. The summed E-state index contributed by atoms with van der Waals surface area (Å²) in [4.78, 5) is 26.4. The van der Waals surface area contributed by atoms with Crippen LogP contribution in [0.25, 0.3) is 0 Å². The van der Waals surface area contributed by atoms with Gasteiger partial charge in [-0.1, -0.05) is 0 Å². The number of carbonyl (C=O) groups excluding carboxylic acids is 2. The van der Waals surface area contributed by atoms with Gasteiger partial charge in [0.1, 0.15) is 0 Å². The van der Waals surface area contributed by atoms with Gasteiger partial charge in [0.2, 0.25) is 5.91 Å².